The van der Waals surface area contributed by atoms with Gasteiger partial charge in [0.2, 0.25) is 0 Å². The lowest BCUT2D eigenvalue weighted by atomic mass is 9.46. The quantitative estimate of drug-likeness (QED) is 0.193. The Labute approximate surface area is 324 Å². The second kappa shape index (κ2) is 13.3. The molecule has 0 bridgehead atoms. The molecule has 0 amide bonds. The molecule has 0 radical (unpaired) electrons. The average Bonchev–Trinajstić information content (AvgIpc) is 3.66. The average molecular weight is 755 g/mol. The molecule has 0 spiro atoms. The van der Waals surface area contributed by atoms with E-state index in [0.29, 0.717) is 37.2 Å². The highest BCUT2D eigenvalue weighted by Gasteiger charge is 2.63. The fourth-order valence-electron chi connectivity index (χ4n) is 14.5. The monoisotopic (exact) mass is 754 g/mol. The molecule has 0 aliphatic heterocycles. The minimum atomic E-state index is -1.33. The van der Waals surface area contributed by atoms with Crippen LogP contribution in [0.15, 0.2) is 34.9 Å². The Morgan fingerprint density at radius 3 is 2.27 bits per heavy atom. The van der Waals surface area contributed by atoms with Gasteiger partial charge < -0.3 is 9.47 Å². The Hall–Kier alpha value is -3.49. The minimum Gasteiger partial charge on any atom is -0.454 e. The molecule has 8 aliphatic rings. The van der Waals surface area contributed by atoms with E-state index in [1.165, 1.54) is 24.1 Å². The van der Waals surface area contributed by atoms with Crippen LogP contribution in [0.4, 0.5) is 0 Å². The third kappa shape index (κ3) is 5.85. The summed E-state index contributed by atoms with van der Waals surface area (Å²) in [6, 6.07) is 0. The molecule has 0 saturated heterocycles. The van der Waals surface area contributed by atoms with E-state index in [0.717, 1.165) is 51.4 Å². The molecule has 9 heteroatoms. The Bertz CT molecular complexity index is 1870. The molecule has 8 rings (SSSR count). The molecule has 8 aliphatic carbocycles. The lowest BCUT2D eigenvalue weighted by Crippen LogP contribution is -2.55. The summed E-state index contributed by atoms with van der Waals surface area (Å²) < 4.78 is 11.5. The topological polar surface area (TPSA) is 138 Å². The van der Waals surface area contributed by atoms with E-state index < -0.39 is 47.7 Å². The third-order valence-electron chi connectivity index (χ3n) is 17.2. The van der Waals surface area contributed by atoms with Gasteiger partial charge in [-0.15, -0.1) is 0 Å². The maximum atomic E-state index is 14.4. The van der Waals surface area contributed by atoms with Gasteiger partial charge in [-0.25, -0.2) is 0 Å². The van der Waals surface area contributed by atoms with Crippen LogP contribution in [0.3, 0.4) is 0 Å². The maximum Gasteiger partial charge on any atom is 0.310 e. The third-order valence-corrected chi connectivity index (χ3v) is 17.2. The van der Waals surface area contributed by atoms with Gasteiger partial charge in [0.15, 0.2) is 35.3 Å². The zero-order valence-corrected chi connectivity index (χ0v) is 33.5. The van der Waals surface area contributed by atoms with Crippen LogP contribution in [-0.2, 0) is 43.0 Å². The molecule has 5 fully saturated rings. The smallest absolute Gasteiger partial charge is 0.310 e. The summed E-state index contributed by atoms with van der Waals surface area (Å²) in [5, 5.41) is 0. The first-order valence-electron chi connectivity index (χ1n) is 21.0. The zero-order valence-electron chi connectivity index (χ0n) is 33.5. The second-order valence-electron chi connectivity index (χ2n) is 19.8. The van der Waals surface area contributed by atoms with E-state index in [9.17, 15) is 33.6 Å². The number of esters is 2. The van der Waals surface area contributed by atoms with Crippen molar-refractivity contribution in [3.8, 4) is 0 Å². The van der Waals surface area contributed by atoms with E-state index in [1.807, 2.05) is 13.0 Å². The van der Waals surface area contributed by atoms with Crippen LogP contribution >= 0.6 is 0 Å². The van der Waals surface area contributed by atoms with Crippen LogP contribution in [0, 0.1) is 63.1 Å². The first-order chi connectivity index (χ1) is 25.9. The number of hydrogen-bond donors (Lipinski definition) is 0. The van der Waals surface area contributed by atoms with Crippen molar-refractivity contribution in [1.82, 2.24) is 0 Å². The van der Waals surface area contributed by atoms with E-state index in [-0.39, 0.29) is 75.4 Å². The van der Waals surface area contributed by atoms with E-state index in [4.69, 9.17) is 9.47 Å². The van der Waals surface area contributed by atoms with Crippen molar-refractivity contribution >= 4 is 40.9 Å². The highest BCUT2D eigenvalue weighted by Crippen LogP contribution is 2.67. The molecule has 0 N–H and O–H groups in total. The molecule has 0 aromatic carbocycles. The number of carbonyl (C=O) groups is 7. The van der Waals surface area contributed by atoms with Gasteiger partial charge >= 0.3 is 11.9 Å². The van der Waals surface area contributed by atoms with E-state index in [1.54, 1.807) is 6.92 Å². The first-order valence-corrected chi connectivity index (χ1v) is 21.0. The molecule has 55 heavy (non-hydrogen) atoms. The Balaban J connectivity index is 0.980. The van der Waals surface area contributed by atoms with E-state index >= 15 is 0 Å². The van der Waals surface area contributed by atoms with Crippen molar-refractivity contribution in [2.75, 3.05) is 0 Å². The second-order valence-corrected chi connectivity index (χ2v) is 19.8. The van der Waals surface area contributed by atoms with Crippen molar-refractivity contribution in [2.24, 2.45) is 63.1 Å². The number of ether oxygens (including phenoxy) is 2. The molecular weight excluding hydrogens is 696 g/mol. The number of carbonyl (C=O) groups excluding carboxylic acids is 7. The summed E-state index contributed by atoms with van der Waals surface area (Å²) in [6.07, 6.45) is 12.1. The van der Waals surface area contributed by atoms with Crippen LogP contribution in [0.1, 0.15) is 131 Å². The fraction of sp³-hybridized carbons (Fsp3) is 0.717. The zero-order chi connectivity index (χ0) is 39.4. The lowest BCUT2D eigenvalue weighted by molar-refractivity contribution is -0.167. The van der Waals surface area contributed by atoms with Crippen LogP contribution in [0.25, 0.3) is 0 Å². The predicted octanol–water partition coefficient (Wildman–Crippen LogP) is 7.38. The normalized spacial score (nSPS) is 43.5. The maximum absolute atomic E-state index is 14.4. The molecule has 0 aromatic rings. The molecular formula is C46H58O9. The predicted molar refractivity (Wildman–Crippen MR) is 202 cm³/mol. The molecule has 0 heterocycles. The van der Waals surface area contributed by atoms with Crippen molar-refractivity contribution < 1.29 is 43.0 Å². The fourth-order valence-corrected chi connectivity index (χ4v) is 14.5. The van der Waals surface area contributed by atoms with Crippen molar-refractivity contribution in [2.45, 2.75) is 144 Å². The van der Waals surface area contributed by atoms with Gasteiger partial charge in [0.05, 0.1) is 6.42 Å². The summed E-state index contributed by atoms with van der Waals surface area (Å²) >= 11 is 0. The van der Waals surface area contributed by atoms with Crippen LogP contribution in [0.2, 0.25) is 0 Å². The molecule has 5 saturated carbocycles. The van der Waals surface area contributed by atoms with Gasteiger partial charge in [-0.05, 0) is 124 Å². The number of rotatable bonds is 7. The van der Waals surface area contributed by atoms with Gasteiger partial charge in [0.25, 0.3) is 0 Å². The lowest BCUT2D eigenvalue weighted by Gasteiger charge is -2.57. The first kappa shape index (κ1) is 38.4. The summed E-state index contributed by atoms with van der Waals surface area (Å²) in [6.45, 7) is 11.6. The number of ketones is 5. The number of allylic oxidation sites excluding steroid dienone is 5. The minimum absolute atomic E-state index is 0.00326. The summed E-state index contributed by atoms with van der Waals surface area (Å²) in [5.41, 5.74) is 1.88. The Morgan fingerprint density at radius 2 is 1.55 bits per heavy atom. The van der Waals surface area contributed by atoms with Crippen LogP contribution in [0.5, 0.6) is 0 Å². The Kier molecular flexibility index (Phi) is 9.28. The van der Waals surface area contributed by atoms with Crippen molar-refractivity contribution in [3.05, 3.63) is 34.9 Å². The van der Waals surface area contributed by atoms with Gasteiger partial charge in [-0.1, -0.05) is 44.9 Å². The summed E-state index contributed by atoms with van der Waals surface area (Å²) in [5.74, 6) is -1.11. The molecule has 296 valence electrons. The SMILES string of the molecule is CC(=O)OC(CC(=O)OC1C[C@@]2(C)C(=CC1=O)C(=O)C[C@H]1[C@@H]3CC[C@H](C(C)=O)[C@@]3(C)CC[C@@H]12)C(=O)[C@H]1CCC2C3CCC4=CC(=O)CC[C@]4(C)C3=CC[C@@]21C. The largest absolute Gasteiger partial charge is 0.454 e. The van der Waals surface area contributed by atoms with Gasteiger partial charge in [-0.3, -0.25) is 33.6 Å². The number of hydrogen-bond acceptors (Lipinski definition) is 9. The van der Waals surface area contributed by atoms with Gasteiger partial charge in [0, 0.05) is 54.4 Å². The summed E-state index contributed by atoms with van der Waals surface area (Å²) in [4.78, 5) is 92.7. The standard InChI is InChI=1S/C46H58O9/c1-24(47)30-9-10-32-29-20-37(50)36-21-38(51)40(23-46(36,6)34(29)15-17-44(30,32)4)55-41(52)22-39(54-25(2)48)42(53)35-12-11-31-28-8-7-26-19-27(49)13-16-43(26,3)33(28)14-18-45(31,35)5/h14,19,21,28-32,34-35,39-40H,7-13,15-18,20,22-23H2,1-6H3/t28?,29-,30+,31?,32-,34-,35+,39?,40?,43-,44+,45-,46+/m0/s1. The highest BCUT2D eigenvalue weighted by molar-refractivity contribution is 6.08. The van der Waals surface area contributed by atoms with Crippen LogP contribution < -0.4 is 0 Å². The van der Waals surface area contributed by atoms with Crippen molar-refractivity contribution in [1.29, 1.82) is 0 Å². The molecule has 0 aromatic heterocycles. The van der Waals surface area contributed by atoms with Gasteiger partial charge in [0.1, 0.15) is 5.78 Å². The van der Waals surface area contributed by atoms with Crippen LogP contribution in [-0.4, -0.2) is 53.1 Å². The molecule has 4 unspecified atom stereocenters. The molecule has 13 atom stereocenters. The Morgan fingerprint density at radius 1 is 0.818 bits per heavy atom. The molecule has 9 nitrogen and oxygen atoms in total. The highest BCUT2D eigenvalue weighted by atomic mass is 16.6. The van der Waals surface area contributed by atoms with Crippen molar-refractivity contribution in [3.63, 3.8) is 0 Å². The summed E-state index contributed by atoms with van der Waals surface area (Å²) in [7, 11) is 0. The van der Waals surface area contributed by atoms with E-state index in [2.05, 4.69) is 26.8 Å². The van der Waals surface area contributed by atoms with Gasteiger partial charge in [-0.2, -0.15) is 0 Å². The number of Topliss-reactive ketones (excluding diaryl/α,β-unsaturated/α-hetero) is 3. The number of fused-ring (bicyclic) bond motifs is 10.